The summed E-state index contributed by atoms with van der Waals surface area (Å²) in [5.41, 5.74) is 7.37. The second-order valence-electron chi connectivity index (χ2n) is 6.79. The zero-order chi connectivity index (χ0) is 26.1. The van der Waals surface area contributed by atoms with Crippen LogP contribution in [0.4, 0.5) is 8.78 Å². The van der Waals surface area contributed by atoms with E-state index in [4.69, 9.17) is 24.6 Å². The largest absolute Gasteiger partial charge is 0.444 e. The third-order valence-corrected chi connectivity index (χ3v) is 10.2. The van der Waals surface area contributed by atoms with E-state index in [1.54, 1.807) is 5.09 Å². The number of aromatic nitrogens is 2. The summed E-state index contributed by atoms with van der Waals surface area (Å²) in [5, 5.41) is -0.443. The molecule has 17 nitrogen and oxygen atoms in total. The molecule has 1 aromatic rings. The van der Waals surface area contributed by atoms with Crippen molar-refractivity contribution in [3.63, 3.8) is 0 Å². The van der Waals surface area contributed by atoms with E-state index in [1.165, 1.54) is 6.92 Å². The van der Waals surface area contributed by atoms with Gasteiger partial charge in [-0.3, -0.25) is 28.0 Å². The summed E-state index contributed by atoms with van der Waals surface area (Å²) in [6.07, 6.45) is -1.41. The molecule has 0 aromatic carbocycles. The number of halogens is 2. The van der Waals surface area contributed by atoms with Crippen molar-refractivity contribution in [1.29, 1.82) is 0 Å². The lowest BCUT2D eigenvalue weighted by molar-refractivity contribution is -0.0243. The van der Waals surface area contributed by atoms with Gasteiger partial charge < -0.3 is 19.4 Å². The van der Waals surface area contributed by atoms with Gasteiger partial charge in [-0.15, -0.1) is 0 Å². The molecule has 2 heterocycles. The molecule has 0 bridgehead atoms. The predicted octanol–water partition coefficient (Wildman–Crippen LogP) is 1.09. The topological polar surface area (TPSA) is 255 Å². The normalized spacial score (nSPS) is 24.7. The Bertz CT molecular complexity index is 1240. The SMILES string of the molecule is CNP(=O)(OC[C@H]1O[C@@H](n2cc(C)c(=O)[nH]c2=O)C[C@@H]1N=[N+]=[N-])OP(=O)(O)C(F)(F)P(=O)(O)O. The van der Waals surface area contributed by atoms with Crippen LogP contribution in [0.3, 0.4) is 0 Å². The second kappa shape index (κ2) is 10.1. The van der Waals surface area contributed by atoms with Crippen molar-refractivity contribution in [2.75, 3.05) is 13.7 Å². The summed E-state index contributed by atoms with van der Waals surface area (Å²) in [6, 6.07) is -1.09. The van der Waals surface area contributed by atoms with E-state index in [1.807, 2.05) is 4.98 Å². The number of ether oxygens (including phenoxy) is 1. The van der Waals surface area contributed by atoms with Crippen LogP contribution in [0.2, 0.25) is 0 Å². The van der Waals surface area contributed by atoms with Crippen molar-refractivity contribution in [3.05, 3.63) is 43.0 Å². The van der Waals surface area contributed by atoms with E-state index in [-0.39, 0.29) is 12.0 Å². The molecule has 2 unspecified atom stereocenters. The van der Waals surface area contributed by atoms with E-state index >= 15 is 0 Å². The van der Waals surface area contributed by atoms with Gasteiger partial charge in [0.1, 0.15) is 6.23 Å². The molecule has 0 radical (unpaired) electrons. The molecular weight excluding hydrogens is 535 g/mol. The first kappa shape index (κ1) is 28.5. The minimum absolute atomic E-state index is 0.140. The van der Waals surface area contributed by atoms with Gasteiger partial charge >= 0.3 is 34.0 Å². The molecule has 2 rings (SSSR count). The van der Waals surface area contributed by atoms with E-state index in [9.17, 15) is 37.0 Å². The third kappa shape index (κ3) is 5.90. The predicted molar refractivity (Wildman–Crippen MR) is 108 cm³/mol. The zero-order valence-corrected chi connectivity index (χ0v) is 19.9. The molecule has 0 saturated carbocycles. The second-order valence-corrected chi connectivity index (χ2v) is 12.7. The highest BCUT2D eigenvalue weighted by Crippen LogP contribution is 2.77. The molecule has 0 aliphatic carbocycles. The van der Waals surface area contributed by atoms with Gasteiger partial charge in [0.2, 0.25) is 0 Å². The molecule has 1 saturated heterocycles. The quantitative estimate of drug-likeness (QED) is 0.118. The standard InChI is InChI=1S/C12H19F2N6O11P3/c1-6-4-20(11(22)17-10(6)21)9-3-7(18-19-15)8(30-9)5-29-34(28,16-2)31-33(26,27)12(13,14)32(23,24)25/h4,7-9H,3,5H2,1-2H3,(H,16,28)(H,26,27)(H,17,21,22)(H2,23,24,25)/t7-,8+,9+,34?/m0/s1. The van der Waals surface area contributed by atoms with Gasteiger partial charge in [-0.1, -0.05) is 5.11 Å². The van der Waals surface area contributed by atoms with Crippen LogP contribution in [0.25, 0.3) is 10.4 Å². The zero-order valence-electron chi connectivity index (χ0n) is 17.2. The minimum Gasteiger partial charge on any atom is -0.352 e. The molecule has 1 aliphatic heterocycles. The lowest BCUT2D eigenvalue weighted by atomic mass is 10.1. The van der Waals surface area contributed by atoms with Crippen LogP contribution >= 0.6 is 22.9 Å². The summed E-state index contributed by atoms with van der Waals surface area (Å²) in [7, 11) is -17.4. The number of hydrogen-bond acceptors (Lipinski definition) is 9. The molecule has 0 amide bonds. The van der Waals surface area contributed by atoms with Crippen molar-refractivity contribution in [3.8, 4) is 0 Å². The van der Waals surface area contributed by atoms with Crippen molar-refractivity contribution in [2.45, 2.75) is 37.1 Å². The van der Waals surface area contributed by atoms with Crippen LogP contribution in [0.1, 0.15) is 18.2 Å². The Balaban J connectivity index is 2.24. The summed E-state index contributed by atoms with van der Waals surface area (Å²) in [6.45, 7) is 0.521. The van der Waals surface area contributed by atoms with Crippen LogP contribution in [-0.4, -0.2) is 55.4 Å². The summed E-state index contributed by atoms with van der Waals surface area (Å²) >= 11 is 0. The Hall–Kier alpha value is -1.74. The van der Waals surface area contributed by atoms with Crippen LogP contribution in [0, 0.1) is 6.92 Å². The Morgan fingerprint density at radius 3 is 2.53 bits per heavy atom. The molecular formula is C12H19F2N6O11P3. The molecule has 5 atom stereocenters. The lowest BCUT2D eigenvalue weighted by Gasteiger charge is -2.26. The summed E-state index contributed by atoms with van der Waals surface area (Å²) in [5.74, 6) is 0. The van der Waals surface area contributed by atoms with Crippen LogP contribution in [0.5, 0.6) is 0 Å². The van der Waals surface area contributed by atoms with E-state index < -0.39 is 64.6 Å². The van der Waals surface area contributed by atoms with Crippen LogP contribution in [0.15, 0.2) is 20.9 Å². The first-order chi connectivity index (χ1) is 15.5. The van der Waals surface area contributed by atoms with Gasteiger partial charge in [0, 0.05) is 23.1 Å². The van der Waals surface area contributed by atoms with Gasteiger partial charge in [-0.25, -0.2) is 18.8 Å². The smallest absolute Gasteiger partial charge is 0.352 e. The Labute approximate surface area is 188 Å². The third-order valence-electron chi connectivity index (χ3n) is 4.45. The monoisotopic (exact) mass is 554 g/mol. The molecule has 1 fully saturated rings. The molecule has 22 heteroatoms. The van der Waals surface area contributed by atoms with Gasteiger partial charge in [-0.2, -0.15) is 8.78 Å². The summed E-state index contributed by atoms with van der Waals surface area (Å²) in [4.78, 5) is 54.9. The number of hydrogen-bond donors (Lipinski definition) is 5. The fourth-order valence-corrected chi connectivity index (χ4v) is 6.88. The van der Waals surface area contributed by atoms with Crippen molar-refractivity contribution < 1.29 is 50.7 Å². The van der Waals surface area contributed by atoms with Crippen LogP contribution in [-0.2, 0) is 27.3 Å². The number of nitrogens with zero attached hydrogens (tertiary/aromatic N) is 4. The van der Waals surface area contributed by atoms with Gasteiger partial charge in [0.15, 0.2) is 0 Å². The number of aromatic amines is 1. The van der Waals surface area contributed by atoms with Gasteiger partial charge in [0.05, 0.1) is 18.8 Å². The minimum atomic E-state index is -6.57. The number of rotatable bonds is 10. The highest BCUT2D eigenvalue weighted by molar-refractivity contribution is 7.76. The molecule has 1 aromatic heterocycles. The molecule has 1 aliphatic rings. The highest BCUT2D eigenvalue weighted by atomic mass is 31.3. The first-order valence-electron chi connectivity index (χ1n) is 8.91. The van der Waals surface area contributed by atoms with Crippen molar-refractivity contribution >= 4 is 22.9 Å². The molecule has 5 N–H and O–H groups in total. The number of nitrogens with one attached hydrogen (secondary N) is 2. The Morgan fingerprint density at radius 2 is 2.00 bits per heavy atom. The average Bonchev–Trinajstić information content (AvgIpc) is 3.11. The highest BCUT2D eigenvalue weighted by Gasteiger charge is 2.67. The van der Waals surface area contributed by atoms with E-state index in [0.717, 1.165) is 17.8 Å². The van der Waals surface area contributed by atoms with Crippen LogP contribution < -0.4 is 16.3 Å². The Morgan fingerprint density at radius 1 is 1.38 bits per heavy atom. The summed E-state index contributed by atoms with van der Waals surface area (Å²) < 4.78 is 77.7. The number of H-pyrrole nitrogens is 1. The maximum absolute atomic E-state index is 13.7. The average molecular weight is 554 g/mol. The lowest BCUT2D eigenvalue weighted by Crippen LogP contribution is -2.33. The maximum atomic E-state index is 13.7. The van der Waals surface area contributed by atoms with Gasteiger partial charge in [0.25, 0.3) is 5.56 Å². The molecule has 34 heavy (non-hydrogen) atoms. The Kier molecular flexibility index (Phi) is 8.46. The fraction of sp³-hybridized carbons (Fsp3) is 0.667. The number of azide groups is 1. The first-order valence-corrected chi connectivity index (χ1v) is 13.6. The van der Waals surface area contributed by atoms with Crippen molar-refractivity contribution in [1.82, 2.24) is 14.6 Å². The molecule has 0 spiro atoms. The van der Waals surface area contributed by atoms with E-state index in [2.05, 4.69) is 14.3 Å². The number of alkyl halides is 2. The van der Waals surface area contributed by atoms with E-state index in [0.29, 0.717) is 0 Å². The van der Waals surface area contributed by atoms with Crippen molar-refractivity contribution in [2.24, 2.45) is 5.11 Å². The van der Waals surface area contributed by atoms with Gasteiger partial charge in [-0.05, 0) is 19.5 Å². The maximum Gasteiger partial charge on any atom is 0.444 e. The fourth-order valence-electron chi connectivity index (χ4n) is 2.68. The molecule has 192 valence electrons. The number of aryl methyl sites for hydroxylation is 1.